The molecule has 1 heterocycles. The molecule has 0 saturated carbocycles. The Morgan fingerprint density at radius 3 is 2.83 bits per heavy atom. The van der Waals surface area contributed by atoms with Crippen molar-refractivity contribution in [1.82, 2.24) is 0 Å². The fraction of sp³-hybridized carbons (Fsp3) is 0.167. The van der Waals surface area contributed by atoms with Gasteiger partial charge in [-0.25, -0.2) is 0 Å². The zero-order valence-corrected chi connectivity index (χ0v) is 11.2. The second-order valence-electron chi connectivity index (χ2n) is 3.80. The van der Waals surface area contributed by atoms with Crippen LogP contribution in [0, 0.1) is 17.0 Å². The Bertz CT molecular complexity index is 583. The number of hydrogen-bond donors (Lipinski definition) is 1. The molecule has 94 valence electrons. The van der Waals surface area contributed by atoms with E-state index in [0.717, 1.165) is 0 Å². The number of nitrogens with one attached hydrogen (secondary N) is 1. The predicted octanol–water partition coefficient (Wildman–Crippen LogP) is 4.23. The van der Waals surface area contributed by atoms with Crippen LogP contribution in [0.4, 0.5) is 11.4 Å². The van der Waals surface area contributed by atoms with Crippen molar-refractivity contribution in [2.24, 2.45) is 0 Å². The van der Waals surface area contributed by atoms with Gasteiger partial charge in [-0.1, -0.05) is 11.6 Å². The van der Waals surface area contributed by atoms with Crippen LogP contribution in [0.25, 0.3) is 0 Å². The molecule has 2 rings (SSSR count). The third kappa shape index (κ3) is 2.80. The normalized spacial score (nSPS) is 10.3. The Hall–Kier alpha value is -1.59. The van der Waals surface area contributed by atoms with Crippen molar-refractivity contribution in [2.45, 2.75) is 13.5 Å². The molecular formula is C12H11ClN2O2S. The smallest absolute Gasteiger partial charge is 0.271 e. The first-order chi connectivity index (χ1) is 8.58. The number of halogens is 1. The average Bonchev–Trinajstić information content (AvgIpc) is 2.73. The van der Waals surface area contributed by atoms with E-state index in [-0.39, 0.29) is 5.69 Å². The van der Waals surface area contributed by atoms with E-state index in [1.807, 2.05) is 18.4 Å². The van der Waals surface area contributed by atoms with E-state index in [9.17, 15) is 10.1 Å². The van der Waals surface area contributed by atoms with Gasteiger partial charge in [0.1, 0.15) is 0 Å². The fourth-order valence-corrected chi connectivity index (χ4v) is 2.55. The van der Waals surface area contributed by atoms with E-state index >= 15 is 0 Å². The summed E-state index contributed by atoms with van der Waals surface area (Å²) >= 11 is 7.64. The number of nitrogens with zero attached hydrogens (tertiary/aromatic N) is 1. The Balaban J connectivity index is 2.16. The van der Waals surface area contributed by atoms with Crippen LogP contribution in [0.1, 0.15) is 10.4 Å². The van der Waals surface area contributed by atoms with Crippen LogP contribution in [-0.2, 0) is 6.54 Å². The van der Waals surface area contributed by atoms with Gasteiger partial charge in [-0.3, -0.25) is 10.1 Å². The lowest BCUT2D eigenvalue weighted by Crippen LogP contribution is -2.00. The van der Waals surface area contributed by atoms with Gasteiger partial charge in [-0.2, -0.15) is 0 Å². The van der Waals surface area contributed by atoms with Gasteiger partial charge in [0.25, 0.3) is 5.69 Å². The quantitative estimate of drug-likeness (QED) is 0.674. The van der Waals surface area contributed by atoms with Crippen molar-refractivity contribution in [3.8, 4) is 0 Å². The van der Waals surface area contributed by atoms with E-state index in [2.05, 4.69) is 5.32 Å². The highest BCUT2D eigenvalue weighted by Crippen LogP contribution is 2.27. The number of hydrogen-bond acceptors (Lipinski definition) is 4. The summed E-state index contributed by atoms with van der Waals surface area (Å²) in [4.78, 5) is 11.4. The standard InChI is InChI=1S/C12H11ClN2O2S/c1-8-4-5-18-12(8)7-14-11-6-9(15(16)17)2-3-10(11)13/h2-6,14H,7H2,1H3. The van der Waals surface area contributed by atoms with Gasteiger partial charge >= 0.3 is 0 Å². The van der Waals surface area contributed by atoms with Crippen molar-refractivity contribution in [3.05, 3.63) is 55.2 Å². The number of aryl methyl sites for hydroxylation is 1. The molecule has 6 heteroatoms. The maximum atomic E-state index is 10.7. The molecule has 4 nitrogen and oxygen atoms in total. The molecule has 0 saturated heterocycles. The highest BCUT2D eigenvalue weighted by atomic mass is 35.5. The number of thiophene rings is 1. The SMILES string of the molecule is Cc1ccsc1CNc1cc([N+](=O)[O-])ccc1Cl. The van der Waals surface area contributed by atoms with Gasteiger partial charge in [-0.15, -0.1) is 11.3 Å². The van der Waals surface area contributed by atoms with Gasteiger partial charge < -0.3 is 5.32 Å². The van der Waals surface area contributed by atoms with E-state index < -0.39 is 4.92 Å². The fourth-order valence-electron chi connectivity index (χ4n) is 1.52. The number of nitro groups is 1. The molecule has 0 fully saturated rings. The minimum Gasteiger partial charge on any atom is -0.379 e. The zero-order chi connectivity index (χ0) is 13.1. The molecule has 0 radical (unpaired) electrons. The summed E-state index contributed by atoms with van der Waals surface area (Å²) in [5.41, 5.74) is 1.82. The average molecular weight is 283 g/mol. The van der Waals surface area contributed by atoms with E-state index in [4.69, 9.17) is 11.6 Å². The van der Waals surface area contributed by atoms with Crippen molar-refractivity contribution in [1.29, 1.82) is 0 Å². The first kappa shape index (κ1) is 12.9. The number of nitro benzene ring substituents is 1. The largest absolute Gasteiger partial charge is 0.379 e. The lowest BCUT2D eigenvalue weighted by Gasteiger charge is -2.07. The van der Waals surface area contributed by atoms with Crippen molar-refractivity contribution in [2.75, 3.05) is 5.32 Å². The van der Waals surface area contributed by atoms with E-state index in [0.29, 0.717) is 17.3 Å². The van der Waals surface area contributed by atoms with Crippen LogP contribution in [0.2, 0.25) is 5.02 Å². The molecule has 0 bridgehead atoms. The Morgan fingerprint density at radius 2 is 2.22 bits per heavy atom. The van der Waals surface area contributed by atoms with E-state index in [1.54, 1.807) is 11.3 Å². The van der Waals surface area contributed by atoms with Crippen LogP contribution in [0.3, 0.4) is 0 Å². The maximum absolute atomic E-state index is 10.7. The number of rotatable bonds is 4. The molecular weight excluding hydrogens is 272 g/mol. The van der Waals surface area contributed by atoms with Gasteiger partial charge in [0.15, 0.2) is 0 Å². The Kier molecular flexibility index (Phi) is 3.84. The third-order valence-electron chi connectivity index (χ3n) is 2.57. The minimum absolute atomic E-state index is 0.0322. The molecule has 0 amide bonds. The highest BCUT2D eigenvalue weighted by molar-refractivity contribution is 7.10. The topological polar surface area (TPSA) is 55.2 Å². The molecule has 0 aliphatic carbocycles. The molecule has 1 N–H and O–H groups in total. The highest BCUT2D eigenvalue weighted by Gasteiger charge is 2.10. The second-order valence-corrected chi connectivity index (χ2v) is 5.21. The summed E-state index contributed by atoms with van der Waals surface area (Å²) in [6.45, 7) is 2.65. The number of benzene rings is 1. The number of non-ortho nitro benzene ring substituents is 1. The summed E-state index contributed by atoms with van der Waals surface area (Å²) in [7, 11) is 0. The Morgan fingerprint density at radius 1 is 1.44 bits per heavy atom. The van der Waals surface area contributed by atoms with Crippen LogP contribution in [0.5, 0.6) is 0 Å². The molecule has 0 aliphatic rings. The van der Waals surface area contributed by atoms with Crippen LogP contribution in [-0.4, -0.2) is 4.92 Å². The first-order valence-electron chi connectivity index (χ1n) is 5.28. The lowest BCUT2D eigenvalue weighted by atomic mass is 10.2. The van der Waals surface area contributed by atoms with Crippen molar-refractivity contribution >= 4 is 34.3 Å². The van der Waals surface area contributed by atoms with Crippen LogP contribution in [0.15, 0.2) is 29.6 Å². The summed E-state index contributed by atoms with van der Waals surface area (Å²) < 4.78 is 0. The summed E-state index contributed by atoms with van der Waals surface area (Å²) in [6, 6.07) is 6.41. The molecule has 0 atom stereocenters. The van der Waals surface area contributed by atoms with Crippen LogP contribution < -0.4 is 5.32 Å². The second kappa shape index (κ2) is 5.37. The summed E-state index contributed by atoms with van der Waals surface area (Å²) in [5.74, 6) is 0. The zero-order valence-electron chi connectivity index (χ0n) is 9.64. The molecule has 0 aliphatic heterocycles. The van der Waals surface area contributed by atoms with Gasteiger partial charge in [0, 0.05) is 23.6 Å². The van der Waals surface area contributed by atoms with Gasteiger partial charge in [-0.05, 0) is 30.0 Å². The molecule has 1 aromatic heterocycles. The predicted molar refractivity (Wildman–Crippen MR) is 74.5 cm³/mol. The molecule has 1 aromatic carbocycles. The maximum Gasteiger partial charge on any atom is 0.271 e. The van der Waals surface area contributed by atoms with Gasteiger partial charge in [0.05, 0.1) is 15.6 Å². The monoisotopic (exact) mass is 282 g/mol. The summed E-state index contributed by atoms with van der Waals surface area (Å²) in [5, 5.41) is 16.3. The first-order valence-corrected chi connectivity index (χ1v) is 6.54. The molecule has 18 heavy (non-hydrogen) atoms. The lowest BCUT2D eigenvalue weighted by molar-refractivity contribution is -0.384. The van der Waals surface area contributed by atoms with Crippen LogP contribution >= 0.6 is 22.9 Å². The Labute approximate surface area is 113 Å². The summed E-state index contributed by atoms with van der Waals surface area (Å²) in [6.07, 6.45) is 0. The molecule has 2 aromatic rings. The van der Waals surface area contributed by atoms with Crippen molar-refractivity contribution in [3.63, 3.8) is 0 Å². The molecule has 0 unspecified atom stereocenters. The minimum atomic E-state index is -0.433. The van der Waals surface area contributed by atoms with E-state index in [1.165, 1.54) is 28.6 Å². The third-order valence-corrected chi connectivity index (χ3v) is 3.92. The number of anilines is 1. The van der Waals surface area contributed by atoms with Crippen molar-refractivity contribution < 1.29 is 4.92 Å². The van der Waals surface area contributed by atoms with Gasteiger partial charge in [0.2, 0.25) is 0 Å². The molecule has 0 spiro atoms.